The highest BCUT2D eigenvalue weighted by atomic mass is 16.5. The second-order valence-electron chi connectivity index (χ2n) is 4.18. The maximum Gasteiger partial charge on any atom is 0.354 e. The number of aryl methyl sites for hydroxylation is 1. The molecule has 100 valence electrons. The number of nitrogens with zero attached hydrogens (tertiary/aromatic N) is 2. The molecule has 1 aromatic carbocycles. The van der Waals surface area contributed by atoms with Gasteiger partial charge in [-0.15, -0.1) is 0 Å². The Morgan fingerprint density at radius 3 is 2.84 bits per heavy atom. The topological polar surface area (TPSA) is 64.4 Å². The third-order valence-electron chi connectivity index (χ3n) is 2.80. The first-order chi connectivity index (χ1) is 9.15. The zero-order chi connectivity index (χ0) is 13.8. The molecule has 0 spiro atoms. The fourth-order valence-corrected chi connectivity index (χ4v) is 1.89. The molecule has 1 N–H and O–H groups in total. The molecule has 0 unspecified atom stereocenters. The van der Waals surface area contributed by atoms with Crippen molar-refractivity contribution in [3.63, 3.8) is 0 Å². The second kappa shape index (κ2) is 5.56. The molecule has 0 aliphatic rings. The first-order valence-corrected chi connectivity index (χ1v) is 6.11. The molecule has 1 heterocycles. The van der Waals surface area contributed by atoms with Gasteiger partial charge in [-0.25, -0.2) is 4.79 Å². The van der Waals surface area contributed by atoms with Crippen LogP contribution in [-0.2, 0) is 6.54 Å². The van der Waals surface area contributed by atoms with E-state index < -0.39 is 5.97 Å². The van der Waals surface area contributed by atoms with E-state index in [2.05, 4.69) is 5.10 Å². The lowest BCUT2D eigenvalue weighted by Crippen LogP contribution is -2.09. The standard InChI is InChI=1S/C14H16N2O3/c1-3-7-16-13(14(17)18)9-12(15-16)10-5-4-6-11(8-10)19-2/h4-6,8-9H,3,7H2,1-2H3,(H,17,18). The highest BCUT2D eigenvalue weighted by Gasteiger charge is 2.14. The Balaban J connectivity index is 2.44. The van der Waals surface area contributed by atoms with Crippen LogP contribution >= 0.6 is 0 Å². The van der Waals surface area contributed by atoms with Gasteiger partial charge in [0.05, 0.1) is 12.8 Å². The molecule has 2 aromatic rings. The van der Waals surface area contributed by atoms with E-state index in [0.29, 0.717) is 12.2 Å². The molecule has 2 rings (SSSR count). The summed E-state index contributed by atoms with van der Waals surface area (Å²) in [7, 11) is 1.59. The minimum Gasteiger partial charge on any atom is -0.497 e. The van der Waals surface area contributed by atoms with Gasteiger partial charge in [0.25, 0.3) is 0 Å². The zero-order valence-corrected chi connectivity index (χ0v) is 11.0. The Morgan fingerprint density at radius 1 is 1.42 bits per heavy atom. The molecule has 0 bridgehead atoms. The lowest BCUT2D eigenvalue weighted by atomic mass is 10.1. The number of aromatic nitrogens is 2. The van der Waals surface area contributed by atoms with Crippen molar-refractivity contribution >= 4 is 5.97 Å². The number of benzene rings is 1. The molecule has 19 heavy (non-hydrogen) atoms. The monoisotopic (exact) mass is 260 g/mol. The fraction of sp³-hybridized carbons (Fsp3) is 0.286. The van der Waals surface area contributed by atoms with Crippen molar-refractivity contribution in [3.05, 3.63) is 36.0 Å². The number of carboxylic acids is 1. The van der Waals surface area contributed by atoms with Crippen molar-refractivity contribution in [2.24, 2.45) is 0 Å². The average molecular weight is 260 g/mol. The van der Waals surface area contributed by atoms with E-state index in [1.165, 1.54) is 4.68 Å². The molecule has 0 aliphatic carbocycles. The summed E-state index contributed by atoms with van der Waals surface area (Å²) in [5.74, 6) is -0.241. The van der Waals surface area contributed by atoms with E-state index >= 15 is 0 Å². The smallest absolute Gasteiger partial charge is 0.354 e. The summed E-state index contributed by atoms with van der Waals surface area (Å²) < 4.78 is 6.68. The maximum absolute atomic E-state index is 11.2. The van der Waals surface area contributed by atoms with Crippen molar-refractivity contribution in [2.45, 2.75) is 19.9 Å². The summed E-state index contributed by atoms with van der Waals surface area (Å²) in [6, 6.07) is 9.00. The molecule has 1 aromatic heterocycles. The lowest BCUT2D eigenvalue weighted by Gasteiger charge is -2.02. The van der Waals surface area contributed by atoms with Gasteiger partial charge in [-0.3, -0.25) is 4.68 Å². The van der Waals surface area contributed by atoms with E-state index in [-0.39, 0.29) is 5.69 Å². The number of carboxylic acid groups (broad SMARTS) is 1. The van der Waals surface area contributed by atoms with E-state index in [4.69, 9.17) is 9.84 Å². The van der Waals surface area contributed by atoms with Crippen LogP contribution in [0.5, 0.6) is 5.75 Å². The number of hydrogen-bond acceptors (Lipinski definition) is 3. The van der Waals surface area contributed by atoms with Crippen LogP contribution in [0, 0.1) is 0 Å². The third kappa shape index (κ3) is 2.76. The number of aromatic carboxylic acids is 1. The van der Waals surface area contributed by atoms with E-state index in [9.17, 15) is 4.79 Å². The minimum absolute atomic E-state index is 0.208. The minimum atomic E-state index is -0.963. The largest absolute Gasteiger partial charge is 0.497 e. The molecule has 5 nitrogen and oxygen atoms in total. The van der Waals surface area contributed by atoms with Crippen LogP contribution in [0.3, 0.4) is 0 Å². The molecular weight excluding hydrogens is 244 g/mol. The molecule has 0 aliphatic heterocycles. The van der Waals surface area contributed by atoms with Crippen LogP contribution in [0.1, 0.15) is 23.8 Å². The van der Waals surface area contributed by atoms with Gasteiger partial charge in [0.2, 0.25) is 0 Å². The number of hydrogen-bond donors (Lipinski definition) is 1. The van der Waals surface area contributed by atoms with E-state index in [0.717, 1.165) is 17.7 Å². The molecule has 0 fully saturated rings. The Labute approximate surface area is 111 Å². The van der Waals surface area contributed by atoms with Crippen LogP contribution in [0.15, 0.2) is 30.3 Å². The molecule has 0 radical (unpaired) electrons. The predicted octanol–water partition coefficient (Wildman–Crippen LogP) is 2.67. The van der Waals surface area contributed by atoms with E-state index in [1.807, 2.05) is 31.2 Å². The fourth-order valence-electron chi connectivity index (χ4n) is 1.89. The Morgan fingerprint density at radius 2 is 2.21 bits per heavy atom. The SMILES string of the molecule is CCCn1nc(-c2cccc(OC)c2)cc1C(=O)O. The van der Waals surface area contributed by atoms with Crippen molar-refractivity contribution in [1.29, 1.82) is 0 Å². The zero-order valence-electron chi connectivity index (χ0n) is 11.0. The summed E-state index contributed by atoms with van der Waals surface area (Å²) >= 11 is 0. The van der Waals surface area contributed by atoms with Crippen molar-refractivity contribution in [3.8, 4) is 17.0 Å². The van der Waals surface area contributed by atoms with Crippen molar-refractivity contribution in [2.75, 3.05) is 7.11 Å². The molecular formula is C14H16N2O3. The summed E-state index contributed by atoms with van der Waals surface area (Å²) in [5.41, 5.74) is 1.70. The molecule has 0 amide bonds. The van der Waals surface area contributed by atoms with E-state index in [1.54, 1.807) is 13.2 Å². The summed E-state index contributed by atoms with van der Waals surface area (Å²) in [4.78, 5) is 11.2. The van der Waals surface area contributed by atoms with Gasteiger partial charge in [0, 0.05) is 12.1 Å². The van der Waals surface area contributed by atoms with Gasteiger partial charge in [0.15, 0.2) is 0 Å². The van der Waals surface area contributed by atoms with Gasteiger partial charge in [-0.1, -0.05) is 19.1 Å². The molecule has 0 atom stereocenters. The lowest BCUT2D eigenvalue weighted by molar-refractivity contribution is 0.0683. The molecule has 5 heteroatoms. The Kier molecular flexibility index (Phi) is 3.85. The van der Waals surface area contributed by atoms with Crippen molar-refractivity contribution < 1.29 is 14.6 Å². The molecule has 0 saturated carbocycles. The second-order valence-corrected chi connectivity index (χ2v) is 4.18. The van der Waals surface area contributed by atoms with Crippen molar-refractivity contribution in [1.82, 2.24) is 9.78 Å². The number of carbonyl (C=O) groups is 1. The summed E-state index contributed by atoms with van der Waals surface area (Å²) in [6.45, 7) is 2.57. The predicted molar refractivity (Wildman–Crippen MR) is 71.5 cm³/mol. The van der Waals surface area contributed by atoms with Crippen LogP contribution < -0.4 is 4.74 Å². The van der Waals surface area contributed by atoms with Crippen LogP contribution in [-0.4, -0.2) is 28.0 Å². The highest BCUT2D eigenvalue weighted by Crippen LogP contribution is 2.23. The van der Waals surface area contributed by atoms with Gasteiger partial charge < -0.3 is 9.84 Å². The van der Waals surface area contributed by atoms with Crippen LogP contribution in [0.2, 0.25) is 0 Å². The number of rotatable bonds is 5. The van der Waals surface area contributed by atoms with Gasteiger partial charge in [-0.05, 0) is 24.6 Å². The number of methoxy groups -OCH3 is 1. The first kappa shape index (κ1) is 13.1. The Bertz CT molecular complexity index is 590. The quantitative estimate of drug-likeness (QED) is 0.897. The Hall–Kier alpha value is -2.30. The van der Waals surface area contributed by atoms with Gasteiger partial charge >= 0.3 is 5.97 Å². The average Bonchev–Trinajstić information content (AvgIpc) is 2.83. The summed E-state index contributed by atoms with van der Waals surface area (Å²) in [5, 5.41) is 13.5. The van der Waals surface area contributed by atoms with Crippen LogP contribution in [0.4, 0.5) is 0 Å². The van der Waals surface area contributed by atoms with Gasteiger partial charge in [-0.2, -0.15) is 5.10 Å². The highest BCUT2D eigenvalue weighted by molar-refractivity contribution is 5.87. The van der Waals surface area contributed by atoms with Gasteiger partial charge in [0.1, 0.15) is 11.4 Å². The normalized spacial score (nSPS) is 10.4. The maximum atomic E-state index is 11.2. The first-order valence-electron chi connectivity index (χ1n) is 6.11. The third-order valence-corrected chi connectivity index (χ3v) is 2.80. The summed E-state index contributed by atoms with van der Waals surface area (Å²) in [6.07, 6.45) is 0.833. The van der Waals surface area contributed by atoms with Crippen LogP contribution in [0.25, 0.3) is 11.3 Å². The number of ether oxygens (including phenoxy) is 1. The molecule has 0 saturated heterocycles.